The molecular formula is C15H22N2O3. The maximum absolute atomic E-state index is 12.6. The van der Waals surface area contributed by atoms with Crippen molar-refractivity contribution in [2.45, 2.75) is 51.1 Å². The molecule has 0 bridgehead atoms. The largest absolute Gasteiger partial charge is 0.430 e. The molecule has 1 amide bonds. The standard InChI is InChI=1S/C15H22N2O3/c1-2-9-17(13-6-4-12(16)5-7-13)15(19)11-3-8-14(18)20-10-11/h3,8,10,12-13H,2,4-7,9,16H2,1H3. The van der Waals surface area contributed by atoms with Crippen molar-refractivity contribution in [1.82, 2.24) is 4.90 Å². The first kappa shape index (κ1) is 14.8. The van der Waals surface area contributed by atoms with Crippen LogP contribution in [-0.4, -0.2) is 29.4 Å². The molecule has 0 saturated heterocycles. The molecule has 1 aromatic heterocycles. The number of carbonyl (C=O) groups is 1. The number of rotatable bonds is 4. The Hall–Kier alpha value is -1.62. The fourth-order valence-corrected chi connectivity index (χ4v) is 2.75. The monoisotopic (exact) mass is 278 g/mol. The van der Waals surface area contributed by atoms with Gasteiger partial charge in [-0.1, -0.05) is 6.92 Å². The summed E-state index contributed by atoms with van der Waals surface area (Å²) in [5, 5.41) is 0. The van der Waals surface area contributed by atoms with Gasteiger partial charge in [0.05, 0.1) is 5.56 Å². The van der Waals surface area contributed by atoms with E-state index < -0.39 is 5.63 Å². The van der Waals surface area contributed by atoms with Crippen LogP contribution in [0.5, 0.6) is 0 Å². The first-order valence-corrected chi connectivity index (χ1v) is 7.27. The van der Waals surface area contributed by atoms with Gasteiger partial charge in [-0.25, -0.2) is 4.79 Å². The van der Waals surface area contributed by atoms with Crippen molar-refractivity contribution in [3.63, 3.8) is 0 Å². The molecule has 0 unspecified atom stereocenters. The average molecular weight is 278 g/mol. The highest BCUT2D eigenvalue weighted by molar-refractivity contribution is 5.93. The minimum Gasteiger partial charge on any atom is -0.430 e. The topological polar surface area (TPSA) is 76.5 Å². The van der Waals surface area contributed by atoms with Crippen LogP contribution in [0.25, 0.3) is 0 Å². The van der Waals surface area contributed by atoms with Gasteiger partial charge in [0, 0.05) is 24.7 Å². The van der Waals surface area contributed by atoms with Crippen LogP contribution in [0, 0.1) is 0 Å². The van der Waals surface area contributed by atoms with E-state index in [1.54, 1.807) is 0 Å². The third-order valence-electron chi connectivity index (χ3n) is 3.86. The van der Waals surface area contributed by atoms with Gasteiger partial charge < -0.3 is 15.1 Å². The van der Waals surface area contributed by atoms with Crippen molar-refractivity contribution in [2.75, 3.05) is 6.54 Å². The van der Waals surface area contributed by atoms with Gasteiger partial charge in [0.15, 0.2) is 0 Å². The Bertz CT molecular complexity index is 484. The predicted octanol–water partition coefficient (Wildman–Crippen LogP) is 1.76. The Morgan fingerprint density at radius 1 is 1.35 bits per heavy atom. The van der Waals surface area contributed by atoms with Gasteiger partial charge >= 0.3 is 5.63 Å². The molecule has 1 aliphatic rings. The van der Waals surface area contributed by atoms with E-state index in [2.05, 4.69) is 6.92 Å². The van der Waals surface area contributed by atoms with Crippen LogP contribution in [0.3, 0.4) is 0 Å². The summed E-state index contributed by atoms with van der Waals surface area (Å²) in [4.78, 5) is 25.4. The van der Waals surface area contributed by atoms with Crippen molar-refractivity contribution in [2.24, 2.45) is 5.73 Å². The Morgan fingerprint density at radius 3 is 2.60 bits per heavy atom. The van der Waals surface area contributed by atoms with Crippen molar-refractivity contribution < 1.29 is 9.21 Å². The molecule has 1 heterocycles. The maximum Gasteiger partial charge on any atom is 0.335 e. The minimum atomic E-state index is -0.438. The van der Waals surface area contributed by atoms with E-state index in [4.69, 9.17) is 10.2 Å². The Morgan fingerprint density at radius 2 is 2.05 bits per heavy atom. The SMILES string of the molecule is CCCN(C(=O)c1ccc(=O)oc1)C1CCC(N)CC1. The summed E-state index contributed by atoms with van der Waals surface area (Å²) in [5.74, 6) is -0.0592. The lowest BCUT2D eigenvalue weighted by Crippen LogP contribution is -2.44. The van der Waals surface area contributed by atoms with E-state index in [0.717, 1.165) is 38.6 Å². The van der Waals surface area contributed by atoms with Gasteiger partial charge in [0.25, 0.3) is 5.91 Å². The zero-order chi connectivity index (χ0) is 14.5. The molecule has 0 radical (unpaired) electrons. The molecule has 2 N–H and O–H groups in total. The second-order valence-electron chi connectivity index (χ2n) is 5.41. The molecule has 5 nitrogen and oxygen atoms in total. The van der Waals surface area contributed by atoms with E-state index in [0.29, 0.717) is 5.56 Å². The molecular weight excluding hydrogens is 256 g/mol. The van der Waals surface area contributed by atoms with Crippen LogP contribution < -0.4 is 11.4 Å². The number of hydrogen-bond donors (Lipinski definition) is 1. The molecule has 0 atom stereocenters. The summed E-state index contributed by atoms with van der Waals surface area (Å²) < 4.78 is 4.79. The van der Waals surface area contributed by atoms with Gasteiger partial charge in [0.2, 0.25) is 0 Å². The van der Waals surface area contributed by atoms with Gasteiger partial charge in [-0.2, -0.15) is 0 Å². The highest BCUT2D eigenvalue weighted by atomic mass is 16.4. The van der Waals surface area contributed by atoms with Crippen LogP contribution in [0.4, 0.5) is 0 Å². The molecule has 20 heavy (non-hydrogen) atoms. The predicted molar refractivity (Wildman–Crippen MR) is 76.5 cm³/mol. The summed E-state index contributed by atoms with van der Waals surface area (Å²) in [7, 11) is 0. The van der Waals surface area contributed by atoms with Crippen LogP contribution >= 0.6 is 0 Å². The lowest BCUT2D eigenvalue weighted by atomic mass is 9.90. The van der Waals surface area contributed by atoms with Gasteiger partial charge in [-0.3, -0.25) is 4.79 Å². The first-order valence-electron chi connectivity index (χ1n) is 7.27. The number of carbonyl (C=O) groups excluding carboxylic acids is 1. The molecule has 2 rings (SSSR count). The van der Waals surface area contributed by atoms with E-state index in [9.17, 15) is 9.59 Å². The Labute approximate surface area is 118 Å². The minimum absolute atomic E-state index is 0.0592. The number of nitrogens with two attached hydrogens (primary N) is 1. The van der Waals surface area contributed by atoms with Gasteiger partial charge in [-0.05, 0) is 38.2 Å². The molecule has 0 aromatic carbocycles. The van der Waals surface area contributed by atoms with E-state index >= 15 is 0 Å². The third-order valence-corrected chi connectivity index (χ3v) is 3.86. The summed E-state index contributed by atoms with van der Waals surface area (Å²) in [6.07, 6.45) is 5.98. The second kappa shape index (κ2) is 6.70. The smallest absolute Gasteiger partial charge is 0.335 e. The van der Waals surface area contributed by atoms with E-state index in [1.807, 2.05) is 4.90 Å². The Kier molecular flexibility index (Phi) is 4.95. The number of hydrogen-bond acceptors (Lipinski definition) is 4. The first-order chi connectivity index (χ1) is 9.61. The number of nitrogens with zero attached hydrogens (tertiary/aromatic N) is 1. The molecule has 1 aliphatic carbocycles. The average Bonchev–Trinajstić information content (AvgIpc) is 2.46. The summed E-state index contributed by atoms with van der Waals surface area (Å²) in [6, 6.07) is 3.33. The van der Waals surface area contributed by atoms with Gasteiger partial charge in [0.1, 0.15) is 6.26 Å². The lowest BCUT2D eigenvalue weighted by Gasteiger charge is -2.36. The van der Waals surface area contributed by atoms with Crippen LogP contribution in [0.15, 0.2) is 27.6 Å². The quantitative estimate of drug-likeness (QED) is 0.910. The summed E-state index contributed by atoms with van der Waals surface area (Å²) in [5.41, 5.74) is 5.92. The lowest BCUT2D eigenvalue weighted by molar-refractivity contribution is 0.0624. The zero-order valence-corrected chi connectivity index (χ0v) is 11.9. The fraction of sp³-hybridized carbons (Fsp3) is 0.600. The molecule has 1 saturated carbocycles. The number of amides is 1. The fourth-order valence-electron chi connectivity index (χ4n) is 2.75. The highest BCUT2D eigenvalue weighted by Crippen LogP contribution is 2.23. The van der Waals surface area contributed by atoms with Crippen molar-refractivity contribution in [3.05, 3.63) is 34.4 Å². The molecule has 1 fully saturated rings. The molecule has 0 spiro atoms. The van der Waals surface area contributed by atoms with Crippen molar-refractivity contribution >= 4 is 5.91 Å². The van der Waals surface area contributed by atoms with Crippen molar-refractivity contribution in [1.29, 1.82) is 0 Å². The van der Waals surface area contributed by atoms with Crippen molar-refractivity contribution in [3.8, 4) is 0 Å². The highest BCUT2D eigenvalue weighted by Gasteiger charge is 2.28. The summed E-state index contributed by atoms with van der Waals surface area (Å²) >= 11 is 0. The Balaban J connectivity index is 2.13. The molecule has 110 valence electrons. The van der Waals surface area contributed by atoms with Gasteiger partial charge in [-0.15, -0.1) is 0 Å². The molecule has 1 aromatic rings. The molecule has 0 aliphatic heterocycles. The second-order valence-corrected chi connectivity index (χ2v) is 5.41. The normalized spacial score (nSPS) is 22.5. The summed E-state index contributed by atoms with van der Waals surface area (Å²) in [6.45, 7) is 2.78. The molecule has 5 heteroatoms. The van der Waals surface area contributed by atoms with Crippen LogP contribution in [0.2, 0.25) is 0 Å². The van der Waals surface area contributed by atoms with Crippen LogP contribution in [-0.2, 0) is 0 Å². The van der Waals surface area contributed by atoms with Crippen LogP contribution in [0.1, 0.15) is 49.4 Å². The maximum atomic E-state index is 12.6. The third kappa shape index (κ3) is 3.48. The zero-order valence-electron chi connectivity index (χ0n) is 11.9. The van der Waals surface area contributed by atoms with E-state index in [1.165, 1.54) is 18.4 Å². The van der Waals surface area contributed by atoms with E-state index in [-0.39, 0.29) is 18.0 Å².